The summed E-state index contributed by atoms with van der Waals surface area (Å²) in [5.41, 5.74) is 0. The van der Waals surface area contributed by atoms with Gasteiger partial charge in [0, 0.05) is 25.1 Å². The van der Waals surface area contributed by atoms with E-state index < -0.39 is 0 Å². The summed E-state index contributed by atoms with van der Waals surface area (Å²) in [5.74, 6) is 0.178. The van der Waals surface area contributed by atoms with Crippen molar-refractivity contribution in [2.75, 3.05) is 38.3 Å². The first-order chi connectivity index (χ1) is 7.84. The summed E-state index contributed by atoms with van der Waals surface area (Å²) in [5, 5.41) is 3.78. The molecule has 1 saturated heterocycles. The van der Waals surface area contributed by atoms with Crippen LogP contribution >= 0.6 is 15.9 Å². The summed E-state index contributed by atoms with van der Waals surface area (Å²) in [6.45, 7) is 3.49. The lowest BCUT2D eigenvalue weighted by Crippen LogP contribution is -2.36. The lowest BCUT2D eigenvalue weighted by atomic mass is 10.0. The third-order valence-corrected chi connectivity index (χ3v) is 2.84. The van der Waals surface area contributed by atoms with Crippen LogP contribution in [0.5, 0.6) is 0 Å². The molecule has 1 unspecified atom stereocenters. The molecule has 0 aromatic heterocycles. The summed E-state index contributed by atoms with van der Waals surface area (Å²) in [7, 11) is 0. The number of alkyl halides is 1. The second-order valence-electron chi connectivity index (χ2n) is 3.86. The van der Waals surface area contributed by atoms with Gasteiger partial charge in [-0.3, -0.25) is 4.79 Å². The third kappa shape index (κ3) is 5.82. The normalized spacial score (nSPS) is 20.7. The predicted octanol–water partition coefficient (Wildman–Crippen LogP) is 1.33. The average molecular weight is 294 g/mol. The minimum atomic E-state index is 0.0530. The molecule has 0 aliphatic carbocycles. The van der Waals surface area contributed by atoms with Gasteiger partial charge < -0.3 is 14.8 Å². The van der Waals surface area contributed by atoms with Gasteiger partial charge in [-0.25, -0.2) is 0 Å². The fourth-order valence-electron chi connectivity index (χ4n) is 1.63. The summed E-state index contributed by atoms with van der Waals surface area (Å²) in [4.78, 5) is 11.6. The van der Waals surface area contributed by atoms with Crippen molar-refractivity contribution in [1.82, 2.24) is 5.32 Å². The fourth-order valence-corrected chi connectivity index (χ4v) is 1.86. The van der Waals surface area contributed by atoms with Gasteiger partial charge in [-0.05, 0) is 19.3 Å². The van der Waals surface area contributed by atoms with Gasteiger partial charge in [-0.15, -0.1) is 0 Å². The molecule has 0 bridgehead atoms. The first kappa shape index (κ1) is 13.9. The van der Waals surface area contributed by atoms with Crippen LogP contribution in [0.1, 0.15) is 19.3 Å². The van der Waals surface area contributed by atoms with E-state index in [1.54, 1.807) is 0 Å². The average Bonchev–Trinajstić information content (AvgIpc) is 2.34. The van der Waals surface area contributed by atoms with Gasteiger partial charge in [0.25, 0.3) is 0 Å². The Balaban J connectivity index is 1.97. The van der Waals surface area contributed by atoms with Crippen molar-refractivity contribution in [3.8, 4) is 0 Å². The Morgan fingerprint density at radius 1 is 1.50 bits per heavy atom. The largest absolute Gasteiger partial charge is 0.381 e. The quantitative estimate of drug-likeness (QED) is 0.569. The molecule has 1 atom stereocenters. The maximum absolute atomic E-state index is 11.6. The van der Waals surface area contributed by atoms with E-state index in [1.165, 1.54) is 0 Å². The van der Waals surface area contributed by atoms with Crippen LogP contribution in [0.25, 0.3) is 0 Å². The van der Waals surface area contributed by atoms with E-state index >= 15 is 0 Å². The van der Waals surface area contributed by atoms with Gasteiger partial charge in [0.05, 0.1) is 19.1 Å². The van der Waals surface area contributed by atoms with Crippen LogP contribution in [0.4, 0.5) is 0 Å². The highest BCUT2D eigenvalue weighted by Gasteiger charge is 2.20. The maximum atomic E-state index is 11.6. The molecular weight excluding hydrogens is 274 g/mol. The molecule has 0 saturated carbocycles. The lowest BCUT2D eigenvalue weighted by Gasteiger charge is -2.21. The van der Waals surface area contributed by atoms with Crippen LogP contribution in [0.15, 0.2) is 0 Å². The zero-order valence-corrected chi connectivity index (χ0v) is 11.1. The minimum Gasteiger partial charge on any atom is -0.381 e. The predicted molar refractivity (Wildman–Crippen MR) is 65.8 cm³/mol. The van der Waals surface area contributed by atoms with Crippen LogP contribution in [-0.4, -0.2) is 44.2 Å². The molecule has 0 spiro atoms. The molecule has 0 aromatic carbocycles. The zero-order valence-electron chi connectivity index (χ0n) is 9.54. The van der Waals surface area contributed by atoms with E-state index in [1.807, 2.05) is 0 Å². The molecule has 1 rings (SSSR count). The van der Waals surface area contributed by atoms with Crippen molar-refractivity contribution in [2.24, 2.45) is 5.92 Å². The van der Waals surface area contributed by atoms with Crippen LogP contribution in [0.2, 0.25) is 0 Å². The Bertz CT molecular complexity index is 196. The SMILES string of the molecule is O=C(NCCCOCCBr)C1CCCOC1. The smallest absolute Gasteiger partial charge is 0.225 e. The molecule has 1 fully saturated rings. The van der Waals surface area contributed by atoms with Crippen molar-refractivity contribution in [2.45, 2.75) is 19.3 Å². The van der Waals surface area contributed by atoms with Gasteiger partial charge in [0.2, 0.25) is 5.91 Å². The maximum Gasteiger partial charge on any atom is 0.225 e. The van der Waals surface area contributed by atoms with Crippen LogP contribution in [0.3, 0.4) is 0 Å². The van der Waals surface area contributed by atoms with Gasteiger partial charge in [0.15, 0.2) is 0 Å². The standard InChI is InChI=1S/C11H20BrNO3/c12-4-8-15-7-2-5-13-11(14)10-3-1-6-16-9-10/h10H,1-9H2,(H,13,14). The molecular formula is C11H20BrNO3. The number of hydrogen-bond donors (Lipinski definition) is 1. The van der Waals surface area contributed by atoms with Crippen molar-refractivity contribution < 1.29 is 14.3 Å². The number of hydrogen-bond acceptors (Lipinski definition) is 3. The highest BCUT2D eigenvalue weighted by Crippen LogP contribution is 2.13. The van der Waals surface area contributed by atoms with E-state index in [0.29, 0.717) is 19.8 Å². The Morgan fingerprint density at radius 2 is 2.38 bits per heavy atom. The Hall–Kier alpha value is -0.130. The van der Waals surface area contributed by atoms with Crippen LogP contribution in [-0.2, 0) is 14.3 Å². The topological polar surface area (TPSA) is 47.6 Å². The van der Waals surface area contributed by atoms with E-state index in [9.17, 15) is 4.79 Å². The van der Waals surface area contributed by atoms with Crippen molar-refractivity contribution in [1.29, 1.82) is 0 Å². The van der Waals surface area contributed by atoms with Crippen molar-refractivity contribution in [3.05, 3.63) is 0 Å². The molecule has 0 radical (unpaired) electrons. The molecule has 1 heterocycles. The molecule has 1 amide bonds. The van der Waals surface area contributed by atoms with Gasteiger partial charge in [-0.2, -0.15) is 0 Å². The lowest BCUT2D eigenvalue weighted by molar-refractivity contribution is -0.128. The molecule has 0 aromatic rings. The molecule has 1 aliphatic rings. The first-order valence-corrected chi connectivity index (χ1v) is 6.96. The summed E-state index contributed by atoms with van der Waals surface area (Å²) in [6.07, 6.45) is 2.81. The molecule has 16 heavy (non-hydrogen) atoms. The summed E-state index contributed by atoms with van der Waals surface area (Å²) in [6, 6.07) is 0. The van der Waals surface area contributed by atoms with Gasteiger partial charge >= 0.3 is 0 Å². The monoisotopic (exact) mass is 293 g/mol. The molecule has 5 heteroatoms. The molecule has 1 aliphatic heterocycles. The number of halogens is 1. The number of amides is 1. The Labute approximate surface area is 105 Å². The second-order valence-corrected chi connectivity index (χ2v) is 4.65. The van der Waals surface area contributed by atoms with E-state index in [0.717, 1.165) is 37.8 Å². The molecule has 4 nitrogen and oxygen atoms in total. The van der Waals surface area contributed by atoms with Gasteiger partial charge in [0.1, 0.15) is 0 Å². The van der Waals surface area contributed by atoms with E-state index in [2.05, 4.69) is 21.2 Å². The van der Waals surface area contributed by atoms with Crippen molar-refractivity contribution in [3.63, 3.8) is 0 Å². The Kier molecular flexibility index (Phi) is 7.80. The second kappa shape index (κ2) is 8.96. The minimum absolute atomic E-state index is 0.0530. The number of ether oxygens (including phenoxy) is 2. The fraction of sp³-hybridized carbons (Fsp3) is 0.909. The molecule has 1 N–H and O–H groups in total. The van der Waals surface area contributed by atoms with Crippen LogP contribution in [0, 0.1) is 5.92 Å². The van der Waals surface area contributed by atoms with E-state index in [-0.39, 0.29) is 11.8 Å². The first-order valence-electron chi connectivity index (χ1n) is 5.83. The van der Waals surface area contributed by atoms with Crippen LogP contribution < -0.4 is 5.32 Å². The Morgan fingerprint density at radius 3 is 3.06 bits per heavy atom. The highest BCUT2D eigenvalue weighted by atomic mass is 79.9. The highest BCUT2D eigenvalue weighted by molar-refractivity contribution is 9.09. The number of rotatable bonds is 7. The number of carbonyl (C=O) groups is 1. The van der Waals surface area contributed by atoms with Gasteiger partial charge in [-0.1, -0.05) is 15.9 Å². The third-order valence-electron chi connectivity index (χ3n) is 2.52. The zero-order chi connectivity index (χ0) is 11.6. The summed E-state index contributed by atoms with van der Waals surface area (Å²) < 4.78 is 10.6. The summed E-state index contributed by atoms with van der Waals surface area (Å²) >= 11 is 3.29. The van der Waals surface area contributed by atoms with E-state index in [4.69, 9.17) is 9.47 Å². The number of carbonyl (C=O) groups excluding carboxylic acids is 1. The van der Waals surface area contributed by atoms with Crippen molar-refractivity contribution >= 4 is 21.8 Å². The number of nitrogens with one attached hydrogen (secondary N) is 1. The molecule has 94 valence electrons.